The van der Waals surface area contributed by atoms with E-state index in [-0.39, 0.29) is 16.1 Å². The van der Waals surface area contributed by atoms with Gasteiger partial charge in [0.25, 0.3) is 5.69 Å². The third-order valence-corrected chi connectivity index (χ3v) is 2.20. The van der Waals surface area contributed by atoms with Gasteiger partial charge in [0, 0.05) is 11.6 Å². The number of aromatic carboxylic acids is 1. The largest absolute Gasteiger partial charge is 0.478 e. The highest BCUT2D eigenvalue weighted by Gasteiger charge is 2.22. The molecule has 0 radical (unpaired) electrons. The molecule has 16 heavy (non-hydrogen) atoms. The normalized spacial score (nSPS) is 9.88. The zero-order valence-electron chi connectivity index (χ0n) is 8.06. The predicted molar refractivity (Wildman–Crippen MR) is 55.1 cm³/mol. The second kappa shape index (κ2) is 4.28. The summed E-state index contributed by atoms with van der Waals surface area (Å²) >= 11 is 5.53. The number of ketones is 1. The number of hydrogen-bond donors (Lipinski definition) is 1. The van der Waals surface area contributed by atoms with Crippen molar-refractivity contribution in [3.63, 3.8) is 0 Å². The first-order valence-corrected chi connectivity index (χ1v) is 4.44. The molecule has 0 saturated carbocycles. The van der Waals surface area contributed by atoms with Crippen LogP contribution < -0.4 is 0 Å². The molecule has 0 unspecified atom stereocenters. The molecular weight excluding hydrogens is 238 g/mol. The van der Waals surface area contributed by atoms with Crippen molar-refractivity contribution in [2.45, 2.75) is 6.92 Å². The van der Waals surface area contributed by atoms with Gasteiger partial charge in [-0.2, -0.15) is 0 Å². The van der Waals surface area contributed by atoms with Crippen LogP contribution in [0.1, 0.15) is 27.6 Å². The Balaban J connectivity index is 3.55. The van der Waals surface area contributed by atoms with Gasteiger partial charge in [-0.1, -0.05) is 11.6 Å². The van der Waals surface area contributed by atoms with Gasteiger partial charge in [-0.15, -0.1) is 0 Å². The van der Waals surface area contributed by atoms with Crippen LogP contribution in [-0.2, 0) is 0 Å². The number of carbonyl (C=O) groups excluding carboxylic acids is 1. The van der Waals surface area contributed by atoms with Crippen LogP contribution in [0.25, 0.3) is 0 Å². The number of carboxylic acid groups (broad SMARTS) is 1. The second-order valence-electron chi connectivity index (χ2n) is 2.97. The molecular formula is C9H6ClNO5. The maximum atomic E-state index is 11.1. The molecule has 0 spiro atoms. The summed E-state index contributed by atoms with van der Waals surface area (Å²) < 4.78 is 0. The first kappa shape index (κ1) is 12.1. The fourth-order valence-electron chi connectivity index (χ4n) is 1.17. The summed E-state index contributed by atoms with van der Waals surface area (Å²) in [5.74, 6) is -1.93. The lowest BCUT2D eigenvalue weighted by atomic mass is 10.0. The van der Waals surface area contributed by atoms with E-state index in [0.717, 1.165) is 19.1 Å². The average molecular weight is 244 g/mol. The molecule has 1 aromatic carbocycles. The zero-order chi connectivity index (χ0) is 12.5. The van der Waals surface area contributed by atoms with Crippen LogP contribution in [0, 0.1) is 10.1 Å². The van der Waals surface area contributed by atoms with E-state index in [2.05, 4.69) is 0 Å². The first-order chi connectivity index (χ1) is 7.34. The molecule has 0 amide bonds. The van der Waals surface area contributed by atoms with Crippen molar-refractivity contribution < 1.29 is 19.6 Å². The number of carboxylic acids is 1. The van der Waals surface area contributed by atoms with Crippen LogP contribution in [0.2, 0.25) is 5.02 Å². The molecule has 0 atom stereocenters. The van der Waals surface area contributed by atoms with Gasteiger partial charge in [0.05, 0.1) is 10.5 Å². The van der Waals surface area contributed by atoms with E-state index in [1.54, 1.807) is 0 Å². The van der Waals surface area contributed by atoms with E-state index in [9.17, 15) is 19.7 Å². The molecule has 84 valence electrons. The van der Waals surface area contributed by atoms with E-state index in [4.69, 9.17) is 16.7 Å². The minimum atomic E-state index is -1.36. The van der Waals surface area contributed by atoms with Gasteiger partial charge in [-0.25, -0.2) is 4.79 Å². The quantitative estimate of drug-likeness (QED) is 0.498. The molecule has 0 fully saturated rings. The number of hydrogen-bond acceptors (Lipinski definition) is 4. The lowest BCUT2D eigenvalue weighted by molar-refractivity contribution is -0.384. The van der Waals surface area contributed by atoms with Gasteiger partial charge in [0.1, 0.15) is 5.02 Å². The first-order valence-electron chi connectivity index (χ1n) is 4.06. The number of benzene rings is 1. The predicted octanol–water partition coefficient (Wildman–Crippen LogP) is 2.15. The Bertz CT molecular complexity index is 497. The molecule has 1 rings (SSSR count). The van der Waals surface area contributed by atoms with Crippen molar-refractivity contribution in [2.75, 3.05) is 0 Å². The van der Waals surface area contributed by atoms with Crippen LogP contribution in [-0.4, -0.2) is 21.8 Å². The molecule has 0 saturated heterocycles. The van der Waals surface area contributed by atoms with E-state index in [0.29, 0.717) is 0 Å². The summed E-state index contributed by atoms with van der Waals surface area (Å²) in [7, 11) is 0. The van der Waals surface area contributed by atoms with E-state index >= 15 is 0 Å². The molecule has 1 N–H and O–H groups in total. The fraction of sp³-hybridized carbons (Fsp3) is 0.111. The van der Waals surface area contributed by atoms with E-state index in [1.165, 1.54) is 0 Å². The van der Waals surface area contributed by atoms with Gasteiger partial charge in [-0.3, -0.25) is 14.9 Å². The summed E-state index contributed by atoms with van der Waals surface area (Å²) in [6.45, 7) is 1.12. The Morgan fingerprint density at radius 2 is 1.94 bits per heavy atom. The van der Waals surface area contributed by atoms with Crippen molar-refractivity contribution in [3.05, 3.63) is 38.4 Å². The van der Waals surface area contributed by atoms with Crippen molar-refractivity contribution in [1.29, 1.82) is 0 Å². The van der Waals surface area contributed by atoms with Gasteiger partial charge >= 0.3 is 5.97 Å². The Labute approximate surface area is 94.6 Å². The van der Waals surface area contributed by atoms with Crippen molar-refractivity contribution >= 4 is 29.0 Å². The number of rotatable bonds is 3. The minimum Gasteiger partial charge on any atom is -0.478 e. The van der Waals surface area contributed by atoms with E-state index in [1.807, 2.05) is 0 Å². The molecule has 0 heterocycles. The molecule has 0 aliphatic heterocycles. The number of nitro benzene ring substituents is 1. The number of nitro groups is 1. The van der Waals surface area contributed by atoms with Crippen LogP contribution in [0.3, 0.4) is 0 Å². The third-order valence-electron chi connectivity index (χ3n) is 1.89. The van der Waals surface area contributed by atoms with Crippen molar-refractivity contribution in [3.8, 4) is 0 Å². The van der Waals surface area contributed by atoms with Gasteiger partial charge in [-0.05, 0) is 13.0 Å². The maximum absolute atomic E-state index is 11.1. The van der Waals surface area contributed by atoms with Crippen molar-refractivity contribution in [1.82, 2.24) is 0 Å². The monoisotopic (exact) mass is 243 g/mol. The Kier molecular flexibility index (Phi) is 3.24. The molecule has 7 heteroatoms. The highest BCUT2D eigenvalue weighted by atomic mass is 35.5. The highest BCUT2D eigenvalue weighted by molar-refractivity contribution is 6.33. The molecule has 0 aromatic heterocycles. The summed E-state index contributed by atoms with van der Waals surface area (Å²) in [6, 6.07) is 1.77. The van der Waals surface area contributed by atoms with Gasteiger partial charge in [0.15, 0.2) is 5.78 Å². The van der Waals surface area contributed by atoms with Gasteiger partial charge in [0.2, 0.25) is 0 Å². The smallest absolute Gasteiger partial charge is 0.336 e. The van der Waals surface area contributed by atoms with E-state index < -0.39 is 22.4 Å². The second-order valence-corrected chi connectivity index (χ2v) is 3.37. The summed E-state index contributed by atoms with van der Waals surface area (Å²) in [4.78, 5) is 31.7. The highest BCUT2D eigenvalue weighted by Crippen LogP contribution is 2.28. The van der Waals surface area contributed by atoms with Crippen molar-refractivity contribution in [2.24, 2.45) is 0 Å². The Morgan fingerprint density at radius 3 is 2.31 bits per heavy atom. The van der Waals surface area contributed by atoms with Crippen LogP contribution in [0.4, 0.5) is 5.69 Å². The summed E-state index contributed by atoms with van der Waals surface area (Å²) in [5, 5.41) is 19.0. The van der Waals surface area contributed by atoms with Crippen LogP contribution in [0.15, 0.2) is 12.1 Å². The van der Waals surface area contributed by atoms with Gasteiger partial charge < -0.3 is 5.11 Å². The number of halogens is 1. The maximum Gasteiger partial charge on any atom is 0.336 e. The Morgan fingerprint density at radius 1 is 1.38 bits per heavy atom. The zero-order valence-corrected chi connectivity index (χ0v) is 8.82. The number of Topliss-reactive ketones (excluding diaryl/α,β-unsaturated/α-hetero) is 1. The lowest BCUT2D eigenvalue weighted by Crippen LogP contribution is -2.07. The molecule has 1 aromatic rings. The van der Waals surface area contributed by atoms with Crippen LogP contribution >= 0.6 is 11.6 Å². The molecule has 0 bridgehead atoms. The topological polar surface area (TPSA) is 97.5 Å². The summed E-state index contributed by atoms with van der Waals surface area (Å²) in [5.41, 5.74) is -1.07. The fourth-order valence-corrected chi connectivity index (χ4v) is 1.40. The standard InChI is InChI=1S/C9H6ClNO5/c1-4(12)5-3-8(11(15)16)7(10)2-6(5)9(13)14/h2-3H,1H3,(H,13,14). The molecule has 6 nitrogen and oxygen atoms in total. The molecule has 0 aliphatic rings. The number of nitrogens with zero attached hydrogens (tertiary/aromatic N) is 1. The minimum absolute atomic E-state index is 0.233. The average Bonchev–Trinajstić information content (AvgIpc) is 2.15. The lowest BCUT2D eigenvalue weighted by Gasteiger charge is -2.03. The Hall–Kier alpha value is -1.95. The SMILES string of the molecule is CC(=O)c1cc([N+](=O)[O-])c(Cl)cc1C(=O)O. The third kappa shape index (κ3) is 2.17. The molecule has 0 aliphatic carbocycles. The number of carbonyl (C=O) groups is 2. The summed E-state index contributed by atoms with van der Waals surface area (Å²) in [6.07, 6.45) is 0. The van der Waals surface area contributed by atoms with Crippen LogP contribution in [0.5, 0.6) is 0 Å².